The van der Waals surface area contributed by atoms with E-state index in [9.17, 15) is 18.0 Å². The predicted octanol–water partition coefficient (Wildman–Crippen LogP) is 3.65. The molecule has 0 aliphatic heterocycles. The van der Waals surface area contributed by atoms with Gasteiger partial charge < -0.3 is 10.2 Å². The van der Waals surface area contributed by atoms with E-state index in [0.717, 1.165) is 15.4 Å². The van der Waals surface area contributed by atoms with Gasteiger partial charge in [0, 0.05) is 13.6 Å². The number of nitrogens with one attached hydrogen (secondary N) is 1. The number of amides is 2. The lowest BCUT2D eigenvalue weighted by molar-refractivity contribution is -0.138. The molecule has 0 saturated heterocycles. The van der Waals surface area contributed by atoms with Gasteiger partial charge in [-0.3, -0.25) is 13.9 Å². The molecule has 1 atom stereocenters. The van der Waals surface area contributed by atoms with Gasteiger partial charge in [0.25, 0.3) is 10.0 Å². The molecule has 7 nitrogen and oxygen atoms in total. The van der Waals surface area contributed by atoms with Gasteiger partial charge >= 0.3 is 0 Å². The summed E-state index contributed by atoms with van der Waals surface area (Å²) >= 11 is 0. The molecule has 0 aliphatic rings. The SMILES string of the molecule is CCc1ccccc1N(CC(=O)N(CCc1ccccc1)[C@@H](C)C(=O)NC)S(=O)(=O)c1ccccc1. The highest BCUT2D eigenvalue weighted by Gasteiger charge is 2.32. The number of hydrogen-bond acceptors (Lipinski definition) is 4. The van der Waals surface area contributed by atoms with Crippen molar-refractivity contribution in [2.75, 3.05) is 24.4 Å². The molecule has 0 aromatic heterocycles. The van der Waals surface area contributed by atoms with Crippen LogP contribution in [0.5, 0.6) is 0 Å². The van der Waals surface area contributed by atoms with E-state index >= 15 is 0 Å². The molecule has 190 valence electrons. The lowest BCUT2D eigenvalue weighted by Crippen LogP contribution is -2.51. The Labute approximate surface area is 213 Å². The summed E-state index contributed by atoms with van der Waals surface area (Å²) in [5.41, 5.74) is 2.28. The zero-order chi connectivity index (χ0) is 26.1. The molecule has 2 amide bonds. The first-order chi connectivity index (χ1) is 17.3. The Morgan fingerprint density at radius 3 is 2.08 bits per heavy atom. The molecule has 0 saturated carbocycles. The van der Waals surface area contributed by atoms with Crippen LogP contribution in [0, 0.1) is 0 Å². The minimum Gasteiger partial charge on any atom is -0.357 e. The van der Waals surface area contributed by atoms with Crippen LogP contribution in [0.4, 0.5) is 5.69 Å². The normalized spacial score (nSPS) is 12.0. The van der Waals surface area contributed by atoms with Crippen LogP contribution in [0.25, 0.3) is 0 Å². The quantitative estimate of drug-likeness (QED) is 0.429. The van der Waals surface area contributed by atoms with E-state index in [0.29, 0.717) is 18.5 Å². The van der Waals surface area contributed by atoms with Crippen molar-refractivity contribution in [2.24, 2.45) is 0 Å². The van der Waals surface area contributed by atoms with Crippen molar-refractivity contribution >= 4 is 27.5 Å². The number of anilines is 1. The van der Waals surface area contributed by atoms with Gasteiger partial charge in [0.2, 0.25) is 11.8 Å². The number of sulfonamides is 1. The summed E-state index contributed by atoms with van der Waals surface area (Å²) in [6, 6.07) is 24.1. The summed E-state index contributed by atoms with van der Waals surface area (Å²) in [7, 11) is -2.53. The Hall–Kier alpha value is -3.65. The highest BCUT2D eigenvalue weighted by Crippen LogP contribution is 2.28. The van der Waals surface area contributed by atoms with Gasteiger partial charge in [-0.15, -0.1) is 0 Å². The molecule has 3 rings (SSSR count). The van der Waals surface area contributed by atoms with Crippen LogP contribution in [0.1, 0.15) is 25.0 Å². The Kier molecular flexibility index (Phi) is 9.25. The van der Waals surface area contributed by atoms with Crippen molar-refractivity contribution in [1.29, 1.82) is 0 Å². The number of hydrogen-bond donors (Lipinski definition) is 1. The molecule has 0 bridgehead atoms. The fourth-order valence-electron chi connectivity index (χ4n) is 4.07. The lowest BCUT2D eigenvalue weighted by atomic mass is 10.1. The van der Waals surface area contributed by atoms with Crippen LogP contribution in [0.15, 0.2) is 89.8 Å². The van der Waals surface area contributed by atoms with Crippen molar-refractivity contribution in [3.05, 3.63) is 96.1 Å². The summed E-state index contributed by atoms with van der Waals surface area (Å²) in [6.07, 6.45) is 1.13. The van der Waals surface area contributed by atoms with Gasteiger partial charge in [-0.1, -0.05) is 73.7 Å². The molecule has 1 N–H and O–H groups in total. The number of aryl methyl sites for hydroxylation is 1. The first-order valence-electron chi connectivity index (χ1n) is 12.0. The van der Waals surface area contributed by atoms with Gasteiger partial charge in [0.15, 0.2) is 0 Å². The predicted molar refractivity (Wildman–Crippen MR) is 142 cm³/mol. The maximum atomic E-state index is 13.8. The molecule has 0 heterocycles. The molecule has 0 unspecified atom stereocenters. The van der Waals surface area contributed by atoms with Gasteiger partial charge in [-0.25, -0.2) is 8.42 Å². The molecule has 3 aromatic carbocycles. The lowest BCUT2D eigenvalue weighted by Gasteiger charge is -2.32. The van der Waals surface area contributed by atoms with E-state index in [2.05, 4.69) is 5.32 Å². The largest absolute Gasteiger partial charge is 0.357 e. The molecule has 36 heavy (non-hydrogen) atoms. The summed E-state index contributed by atoms with van der Waals surface area (Å²) in [5.74, 6) is -0.768. The Morgan fingerprint density at radius 2 is 1.47 bits per heavy atom. The van der Waals surface area contributed by atoms with Crippen molar-refractivity contribution in [3.8, 4) is 0 Å². The first kappa shape index (κ1) is 26.9. The number of likely N-dealkylation sites (N-methyl/N-ethyl adjacent to an activating group) is 1. The number of para-hydroxylation sites is 1. The van der Waals surface area contributed by atoms with Crippen LogP contribution in [0.2, 0.25) is 0 Å². The minimum atomic E-state index is -4.05. The molecule has 0 spiro atoms. The zero-order valence-corrected chi connectivity index (χ0v) is 21.7. The standard InChI is InChI=1S/C28H33N3O4S/c1-4-24-15-11-12-18-26(24)31(36(34,35)25-16-9-6-10-17-25)21-27(32)30(22(2)28(33)29-3)20-19-23-13-7-5-8-14-23/h5-18,22H,4,19-21H2,1-3H3,(H,29,33)/t22-/m0/s1. The Balaban J connectivity index is 2.00. The molecule has 0 radical (unpaired) electrons. The van der Waals surface area contributed by atoms with Crippen LogP contribution in [-0.2, 0) is 32.5 Å². The van der Waals surface area contributed by atoms with Gasteiger partial charge in [-0.2, -0.15) is 0 Å². The van der Waals surface area contributed by atoms with Gasteiger partial charge in [0.05, 0.1) is 10.6 Å². The van der Waals surface area contributed by atoms with E-state index in [1.54, 1.807) is 37.3 Å². The summed E-state index contributed by atoms with van der Waals surface area (Å²) < 4.78 is 28.7. The zero-order valence-electron chi connectivity index (χ0n) is 20.9. The Morgan fingerprint density at radius 1 is 0.889 bits per heavy atom. The maximum absolute atomic E-state index is 13.8. The van der Waals surface area contributed by atoms with Crippen LogP contribution in [0.3, 0.4) is 0 Å². The van der Waals surface area contributed by atoms with E-state index in [-0.39, 0.29) is 17.3 Å². The van der Waals surface area contributed by atoms with E-state index < -0.39 is 28.5 Å². The summed E-state index contributed by atoms with van der Waals surface area (Å²) in [4.78, 5) is 27.8. The molecule has 3 aromatic rings. The Bertz CT molecular complexity index is 1260. The number of carbonyl (C=O) groups is 2. The monoisotopic (exact) mass is 507 g/mol. The molecule has 0 fully saturated rings. The average Bonchev–Trinajstić information content (AvgIpc) is 2.92. The smallest absolute Gasteiger partial charge is 0.264 e. The average molecular weight is 508 g/mol. The fourth-order valence-corrected chi connectivity index (χ4v) is 5.54. The number of rotatable bonds is 11. The highest BCUT2D eigenvalue weighted by atomic mass is 32.2. The second-order valence-electron chi connectivity index (χ2n) is 8.42. The molecular formula is C28H33N3O4S. The molecule has 8 heteroatoms. The first-order valence-corrected chi connectivity index (χ1v) is 13.4. The second-order valence-corrected chi connectivity index (χ2v) is 10.3. The number of benzene rings is 3. The van der Waals surface area contributed by atoms with Crippen LogP contribution in [-0.4, -0.2) is 51.3 Å². The summed E-state index contributed by atoms with van der Waals surface area (Å²) in [5, 5.41) is 2.59. The van der Waals surface area contributed by atoms with E-state index in [4.69, 9.17) is 0 Å². The topological polar surface area (TPSA) is 86.8 Å². The van der Waals surface area contributed by atoms with Crippen molar-refractivity contribution in [1.82, 2.24) is 10.2 Å². The second kappa shape index (κ2) is 12.4. The summed E-state index contributed by atoms with van der Waals surface area (Å²) in [6.45, 7) is 3.43. The van der Waals surface area contributed by atoms with E-state index in [1.807, 2.05) is 49.4 Å². The number of nitrogens with zero attached hydrogens (tertiary/aromatic N) is 2. The van der Waals surface area contributed by atoms with Gasteiger partial charge in [0.1, 0.15) is 12.6 Å². The van der Waals surface area contributed by atoms with Crippen LogP contribution >= 0.6 is 0 Å². The van der Waals surface area contributed by atoms with Crippen molar-refractivity contribution in [2.45, 2.75) is 37.6 Å². The highest BCUT2D eigenvalue weighted by molar-refractivity contribution is 7.92. The fraction of sp³-hybridized carbons (Fsp3) is 0.286. The van der Waals surface area contributed by atoms with Gasteiger partial charge in [-0.05, 0) is 49.1 Å². The maximum Gasteiger partial charge on any atom is 0.264 e. The third-order valence-corrected chi connectivity index (χ3v) is 7.92. The minimum absolute atomic E-state index is 0.0962. The van der Waals surface area contributed by atoms with Crippen molar-refractivity contribution < 1.29 is 18.0 Å². The third-order valence-electron chi connectivity index (χ3n) is 6.15. The molecular weight excluding hydrogens is 474 g/mol. The van der Waals surface area contributed by atoms with Crippen molar-refractivity contribution in [3.63, 3.8) is 0 Å². The van der Waals surface area contributed by atoms with E-state index in [1.165, 1.54) is 24.1 Å². The van der Waals surface area contributed by atoms with Crippen LogP contribution < -0.4 is 9.62 Å². The molecule has 0 aliphatic carbocycles. The third kappa shape index (κ3) is 6.31. The number of carbonyl (C=O) groups excluding carboxylic acids is 2.